The van der Waals surface area contributed by atoms with Crippen LogP contribution in [0.15, 0.2) is 36.7 Å². The van der Waals surface area contributed by atoms with Crippen molar-refractivity contribution in [2.45, 2.75) is 34.1 Å². The lowest BCUT2D eigenvalue weighted by molar-refractivity contribution is 0.527. The highest BCUT2D eigenvalue weighted by Gasteiger charge is 2.17. The number of nitrogens with one attached hydrogen (secondary N) is 1. The molecule has 16 heavy (non-hydrogen) atoms. The van der Waals surface area contributed by atoms with Gasteiger partial charge in [0.15, 0.2) is 0 Å². The van der Waals surface area contributed by atoms with Gasteiger partial charge in [0.1, 0.15) is 5.84 Å². The fourth-order valence-corrected chi connectivity index (χ4v) is 1.37. The number of nitrogens with zero attached hydrogens (tertiary/aromatic N) is 1. The van der Waals surface area contributed by atoms with Gasteiger partial charge in [-0.25, -0.2) is 0 Å². The maximum Gasteiger partial charge on any atom is 0.128 e. The van der Waals surface area contributed by atoms with Gasteiger partial charge in [-0.1, -0.05) is 45.9 Å². The van der Waals surface area contributed by atoms with Gasteiger partial charge in [0, 0.05) is 17.8 Å². The van der Waals surface area contributed by atoms with Gasteiger partial charge in [0.2, 0.25) is 0 Å². The lowest BCUT2D eigenvalue weighted by atomic mass is 9.87. The van der Waals surface area contributed by atoms with Crippen molar-refractivity contribution >= 4 is 5.84 Å². The van der Waals surface area contributed by atoms with Crippen molar-refractivity contribution < 1.29 is 0 Å². The first kappa shape index (κ1) is 12.8. The zero-order valence-corrected chi connectivity index (χ0v) is 10.7. The van der Waals surface area contributed by atoms with Gasteiger partial charge in [-0.3, -0.25) is 5.41 Å². The van der Waals surface area contributed by atoms with Crippen LogP contribution in [-0.2, 0) is 0 Å². The summed E-state index contributed by atoms with van der Waals surface area (Å²) in [5, 5.41) is 7.92. The molecule has 1 aliphatic rings. The maximum atomic E-state index is 7.92. The molecular formula is C14H22N2. The summed E-state index contributed by atoms with van der Waals surface area (Å²) < 4.78 is 0. The molecule has 0 aliphatic carbocycles. The van der Waals surface area contributed by atoms with Crippen molar-refractivity contribution in [1.29, 1.82) is 5.41 Å². The molecule has 0 aromatic carbocycles. The van der Waals surface area contributed by atoms with Crippen molar-refractivity contribution in [3.8, 4) is 0 Å². The Labute approximate surface area is 98.9 Å². The topological polar surface area (TPSA) is 27.1 Å². The number of hydrogen-bond acceptors (Lipinski definition) is 1. The van der Waals surface area contributed by atoms with Gasteiger partial charge in [-0.2, -0.15) is 0 Å². The molecular weight excluding hydrogens is 196 g/mol. The first-order valence-corrected chi connectivity index (χ1v) is 5.90. The highest BCUT2D eigenvalue weighted by atomic mass is 15.1. The summed E-state index contributed by atoms with van der Waals surface area (Å²) in [5.74, 6) is 1.02. The minimum Gasteiger partial charge on any atom is -0.310 e. The summed E-state index contributed by atoms with van der Waals surface area (Å²) >= 11 is 0. The zero-order valence-electron chi connectivity index (χ0n) is 10.7. The van der Waals surface area contributed by atoms with E-state index in [0.29, 0.717) is 11.8 Å². The lowest BCUT2D eigenvalue weighted by Gasteiger charge is -2.17. The second kappa shape index (κ2) is 5.15. The van der Waals surface area contributed by atoms with Crippen LogP contribution < -0.4 is 0 Å². The van der Waals surface area contributed by atoms with Gasteiger partial charge in [0.05, 0.1) is 0 Å². The van der Waals surface area contributed by atoms with Gasteiger partial charge in [-0.05, 0) is 18.4 Å². The van der Waals surface area contributed by atoms with Gasteiger partial charge in [0.25, 0.3) is 0 Å². The molecule has 1 rings (SSSR count). The van der Waals surface area contributed by atoms with E-state index in [2.05, 4.69) is 45.9 Å². The Balaban J connectivity index is 2.87. The van der Waals surface area contributed by atoms with Crippen LogP contribution >= 0.6 is 0 Å². The third-order valence-electron chi connectivity index (χ3n) is 2.91. The molecule has 1 N–H and O–H groups in total. The Morgan fingerprint density at radius 2 is 2.12 bits per heavy atom. The third-order valence-corrected chi connectivity index (χ3v) is 2.91. The average Bonchev–Trinajstić information content (AvgIpc) is 2.38. The average molecular weight is 218 g/mol. The SMILES string of the molecule is CCC1(C)C=CC(=N)N(/C=C\C(C)C)C=C1. The smallest absolute Gasteiger partial charge is 0.128 e. The van der Waals surface area contributed by atoms with E-state index in [4.69, 9.17) is 5.41 Å². The van der Waals surface area contributed by atoms with Crippen molar-refractivity contribution in [3.63, 3.8) is 0 Å². The summed E-state index contributed by atoms with van der Waals surface area (Å²) in [6, 6.07) is 0. The monoisotopic (exact) mass is 218 g/mol. The molecule has 1 aliphatic heterocycles. The Hall–Kier alpha value is -1.31. The zero-order chi connectivity index (χ0) is 12.2. The molecule has 1 heterocycles. The number of allylic oxidation sites excluding steroid dienone is 3. The predicted molar refractivity (Wildman–Crippen MR) is 70.2 cm³/mol. The van der Waals surface area contributed by atoms with E-state index in [1.165, 1.54) is 0 Å². The fraction of sp³-hybridized carbons (Fsp3) is 0.500. The molecule has 0 radical (unpaired) electrons. The van der Waals surface area contributed by atoms with E-state index in [9.17, 15) is 0 Å². The molecule has 0 amide bonds. The summed E-state index contributed by atoms with van der Waals surface area (Å²) in [6.07, 6.45) is 13.3. The molecule has 1 atom stereocenters. The fourth-order valence-electron chi connectivity index (χ4n) is 1.37. The van der Waals surface area contributed by atoms with Crippen molar-refractivity contribution in [2.75, 3.05) is 0 Å². The van der Waals surface area contributed by atoms with Crippen LogP contribution in [0.3, 0.4) is 0 Å². The van der Waals surface area contributed by atoms with Gasteiger partial charge in [-0.15, -0.1) is 0 Å². The normalized spacial score (nSPS) is 25.8. The number of hydrogen-bond donors (Lipinski definition) is 1. The first-order chi connectivity index (χ1) is 7.47. The van der Waals surface area contributed by atoms with Crippen molar-refractivity contribution in [3.05, 3.63) is 36.7 Å². The molecule has 0 bridgehead atoms. The Morgan fingerprint density at radius 3 is 2.69 bits per heavy atom. The van der Waals surface area contributed by atoms with Crippen LogP contribution in [-0.4, -0.2) is 10.7 Å². The molecule has 1 unspecified atom stereocenters. The quantitative estimate of drug-likeness (QED) is 0.763. The summed E-state index contributed by atoms with van der Waals surface area (Å²) in [6.45, 7) is 8.61. The standard InChI is InChI=1S/C14H22N2/c1-5-14(4)8-6-13(15)16(11-9-14)10-7-12(2)3/h6-12,15H,5H2,1-4H3/b10-7-,15-13?. The van der Waals surface area contributed by atoms with E-state index < -0.39 is 0 Å². The summed E-state index contributed by atoms with van der Waals surface area (Å²) in [5.41, 5.74) is 0.0761. The van der Waals surface area contributed by atoms with Gasteiger partial charge >= 0.3 is 0 Å². The lowest BCUT2D eigenvalue weighted by Crippen LogP contribution is -2.15. The molecule has 2 nitrogen and oxygen atoms in total. The minimum atomic E-state index is 0.0761. The highest BCUT2D eigenvalue weighted by molar-refractivity contribution is 5.92. The Bertz CT molecular complexity index is 337. The van der Waals surface area contributed by atoms with Crippen LogP contribution in [0.25, 0.3) is 0 Å². The first-order valence-electron chi connectivity index (χ1n) is 5.90. The van der Waals surface area contributed by atoms with E-state index in [-0.39, 0.29) is 5.41 Å². The highest BCUT2D eigenvalue weighted by Crippen LogP contribution is 2.27. The molecule has 0 fully saturated rings. The molecule has 88 valence electrons. The van der Waals surface area contributed by atoms with Crippen molar-refractivity contribution in [1.82, 2.24) is 4.90 Å². The van der Waals surface area contributed by atoms with E-state index in [1.807, 2.05) is 23.4 Å². The number of rotatable bonds is 3. The summed E-state index contributed by atoms with van der Waals surface area (Å²) in [7, 11) is 0. The third kappa shape index (κ3) is 3.37. The van der Waals surface area contributed by atoms with Crippen molar-refractivity contribution in [2.24, 2.45) is 11.3 Å². The number of amidine groups is 1. The Kier molecular flexibility index (Phi) is 4.11. The van der Waals surface area contributed by atoms with Crippen LogP contribution in [0.2, 0.25) is 0 Å². The molecule has 0 saturated heterocycles. The Morgan fingerprint density at radius 1 is 1.44 bits per heavy atom. The van der Waals surface area contributed by atoms with E-state index in [0.717, 1.165) is 6.42 Å². The minimum absolute atomic E-state index is 0.0761. The largest absolute Gasteiger partial charge is 0.310 e. The maximum absolute atomic E-state index is 7.92. The van der Waals surface area contributed by atoms with E-state index in [1.54, 1.807) is 0 Å². The second-order valence-corrected chi connectivity index (χ2v) is 4.89. The van der Waals surface area contributed by atoms with E-state index >= 15 is 0 Å². The molecule has 0 aromatic heterocycles. The molecule has 0 aromatic rings. The molecule has 0 spiro atoms. The predicted octanol–water partition coefficient (Wildman–Crippen LogP) is 3.94. The van der Waals surface area contributed by atoms with Crippen LogP contribution in [0, 0.1) is 16.7 Å². The summed E-state index contributed by atoms with van der Waals surface area (Å²) in [4.78, 5) is 1.86. The van der Waals surface area contributed by atoms with Crippen LogP contribution in [0.4, 0.5) is 0 Å². The van der Waals surface area contributed by atoms with Gasteiger partial charge < -0.3 is 4.90 Å². The van der Waals surface area contributed by atoms with Crippen LogP contribution in [0.1, 0.15) is 34.1 Å². The second-order valence-electron chi connectivity index (χ2n) is 4.89. The molecule has 2 heteroatoms. The van der Waals surface area contributed by atoms with Crippen LogP contribution in [0.5, 0.6) is 0 Å². The molecule has 0 saturated carbocycles.